The van der Waals surface area contributed by atoms with Crippen molar-refractivity contribution in [1.82, 2.24) is 15.2 Å². The summed E-state index contributed by atoms with van der Waals surface area (Å²) in [5.41, 5.74) is 4.25. The van der Waals surface area contributed by atoms with E-state index >= 15 is 0 Å². The van der Waals surface area contributed by atoms with Crippen LogP contribution in [0, 0.1) is 6.92 Å². The second-order valence-electron chi connectivity index (χ2n) is 5.12. The molecule has 0 aromatic carbocycles. The molecular formula is C13H17N3. The highest BCUT2D eigenvalue weighted by Crippen LogP contribution is 2.23. The van der Waals surface area contributed by atoms with Gasteiger partial charge in [0.2, 0.25) is 0 Å². The number of rotatable bonds is 1. The molecule has 84 valence electrons. The van der Waals surface area contributed by atoms with Crippen molar-refractivity contribution in [3.05, 3.63) is 35.7 Å². The fourth-order valence-corrected chi connectivity index (χ4v) is 1.54. The van der Waals surface area contributed by atoms with E-state index in [1.165, 1.54) is 5.56 Å². The lowest BCUT2D eigenvalue weighted by Gasteiger charge is -2.18. The molecule has 2 aromatic rings. The summed E-state index contributed by atoms with van der Waals surface area (Å²) >= 11 is 0. The summed E-state index contributed by atoms with van der Waals surface area (Å²) in [6.07, 6.45) is 1.93. The summed E-state index contributed by atoms with van der Waals surface area (Å²) < 4.78 is 0. The molecular weight excluding hydrogens is 198 g/mol. The molecule has 0 radical (unpaired) electrons. The molecule has 0 bridgehead atoms. The van der Waals surface area contributed by atoms with Crippen molar-refractivity contribution in [3.63, 3.8) is 0 Å². The smallest absolute Gasteiger partial charge is 0.111 e. The normalized spacial score (nSPS) is 11.8. The van der Waals surface area contributed by atoms with Crippen LogP contribution in [0.2, 0.25) is 0 Å². The fraction of sp³-hybridized carbons (Fsp3) is 0.385. The summed E-state index contributed by atoms with van der Waals surface area (Å²) in [5.74, 6) is 0. The summed E-state index contributed by atoms with van der Waals surface area (Å²) in [6.45, 7) is 8.53. The Morgan fingerprint density at radius 2 is 1.88 bits per heavy atom. The van der Waals surface area contributed by atoms with Crippen molar-refractivity contribution in [2.75, 3.05) is 0 Å². The summed E-state index contributed by atoms with van der Waals surface area (Å²) in [5, 5.41) is 7.11. The van der Waals surface area contributed by atoms with Crippen LogP contribution < -0.4 is 0 Å². The minimum Gasteiger partial charge on any atom is -0.282 e. The number of nitrogens with one attached hydrogen (secondary N) is 1. The van der Waals surface area contributed by atoms with Crippen LogP contribution in [0.15, 0.2) is 24.4 Å². The molecule has 1 N–H and O–H groups in total. The summed E-state index contributed by atoms with van der Waals surface area (Å²) in [4.78, 5) is 4.45. The Morgan fingerprint density at radius 1 is 1.12 bits per heavy atom. The highest BCUT2D eigenvalue weighted by Gasteiger charge is 2.14. The lowest BCUT2D eigenvalue weighted by atomic mass is 9.88. The molecule has 2 rings (SSSR count). The second kappa shape index (κ2) is 3.74. The van der Waals surface area contributed by atoms with Gasteiger partial charge in [0.05, 0.1) is 5.69 Å². The van der Waals surface area contributed by atoms with E-state index in [9.17, 15) is 0 Å². The number of hydrogen-bond donors (Lipinski definition) is 1. The highest BCUT2D eigenvalue weighted by molar-refractivity contribution is 5.54. The van der Waals surface area contributed by atoms with Crippen LogP contribution in [0.5, 0.6) is 0 Å². The van der Waals surface area contributed by atoms with Crippen molar-refractivity contribution in [1.29, 1.82) is 0 Å². The van der Waals surface area contributed by atoms with E-state index in [-0.39, 0.29) is 5.41 Å². The van der Waals surface area contributed by atoms with Crippen LogP contribution in [0.25, 0.3) is 11.4 Å². The maximum atomic E-state index is 4.45. The molecule has 2 heterocycles. The molecule has 3 heteroatoms. The first kappa shape index (κ1) is 10.9. The Bertz CT molecular complexity index is 475. The average molecular weight is 215 g/mol. The molecule has 0 fully saturated rings. The van der Waals surface area contributed by atoms with Gasteiger partial charge in [-0.05, 0) is 30.0 Å². The number of nitrogens with zero attached hydrogens (tertiary/aromatic N) is 2. The van der Waals surface area contributed by atoms with Crippen LogP contribution in [0.3, 0.4) is 0 Å². The molecule has 0 aliphatic heterocycles. The average Bonchev–Trinajstić information content (AvgIpc) is 2.64. The van der Waals surface area contributed by atoms with Gasteiger partial charge in [-0.15, -0.1) is 0 Å². The summed E-state index contributed by atoms with van der Waals surface area (Å²) in [7, 11) is 0. The first-order chi connectivity index (χ1) is 7.47. The molecule has 0 atom stereocenters. The molecule has 0 aliphatic rings. The zero-order chi connectivity index (χ0) is 11.8. The van der Waals surface area contributed by atoms with Gasteiger partial charge < -0.3 is 0 Å². The Balaban J connectivity index is 2.33. The third kappa shape index (κ3) is 2.13. The molecule has 0 saturated carbocycles. The fourth-order valence-electron chi connectivity index (χ4n) is 1.54. The number of H-pyrrole nitrogens is 1. The lowest BCUT2D eigenvalue weighted by molar-refractivity contribution is 0.587. The van der Waals surface area contributed by atoms with Crippen molar-refractivity contribution < 1.29 is 0 Å². The Labute approximate surface area is 95.9 Å². The van der Waals surface area contributed by atoms with Gasteiger partial charge in [0.1, 0.15) is 5.69 Å². The number of pyridine rings is 1. The minimum atomic E-state index is 0.146. The van der Waals surface area contributed by atoms with Gasteiger partial charge in [-0.25, -0.2) is 0 Å². The zero-order valence-electron chi connectivity index (χ0n) is 10.2. The molecule has 0 unspecified atom stereocenters. The maximum absolute atomic E-state index is 4.45. The Morgan fingerprint density at radius 3 is 2.31 bits per heavy atom. The largest absolute Gasteiger partial charge is 0.282 e. The van der Waals surface area contributed by atoms with Gasteiger partial charge in [-0.2, -0.15) is 5.10 Å². The highest BCUT2D eigenvalue weighted by atomic mass is 15.1. The zero-order valence-corrected chi connectivity index (χ0v) is 10.2. The van der Waals surface area contributed by atoms with Gasteiger partial charge in [0.15, 0.2) is 0 Å². The van der Waals surface area contributed by atoms with E-state index < -0.39 is 0 Å². The molecule has 0 saturated heterocycles. The van der Waals surface area contributed by atoms with E-state index in [2.05, 4.69) is 42.0 Å². The maximum Gasteiger partial charge on any atom is 0.111 e. The summed E-state index contributed by atoms with van der Waals surface area (Å²) in [6, 6.07) is 6.14. The Kier molecular flexibility index (Phi) is 2.54. The number of hydrogen-bond acceptors (Lipinski definition) is 2. The van der Waals surface area contributed by atoms with Crippen molar-refractivity contribution in [3.8, 4) is 11.4 Å². The topological polar surface area (TPSA) is 41.6 Å². The molecule has 0 amide bonds. The van der Waals surface area contributed by atoms with Crippen LogP contribution >= 0.6 is 0 Å². The van der Waals surface area contributed by atoms with Gasteiger partial charge in [-0.3, -0.25) is 10.1 Å². The van der Waals surface area contributed by atoms with Gasteiger partial charge in [-0.1, -0.05) is 26.8 Å². The minimum absolute atomic E-state index is 0.146. The second-order valence-corrected chi connectivity index (χ2v) is 5.12. The molecule has 2 aromatic heterocycles. The van der Waals surface area contributed by atoms with E-state index in [1.54, 1.807) is 0 Å². The molecule has 3 nitrogen and oxygen atoms in total. The molecule has 0 aliphatic carbocycles. The van der Waals surface area contributed by atoms with E-state index in [1.807, 2.05) is 25.3 Å². The first-order valence-electron chi connectivity index (χ1n) is 5.46. The van der Waals surface area contributed by atoms with Crippen LogP contribution in [0.4, 0.5) is 0 Å². The van der Waals surface area contributed by atoms with Crippen LogP contribution in [0.1, 0.15) is 32.0 Å². The van der Waals surface area contributed by atoms with Crippen molar-refractivity contribution in [2.45, 2.75) is 33.1 Å². The first-order valence-corrected chi connectivity index (χ1v) is 5.46. The van der Waals surface area contributed by atoms with E-state index in [0.29, 0.717) is 0 Å². The lowest BCUT2D eigenvalue weighted by Crippen LogP contribution is -2.11. The van der Waals surface area contributed by atoms with E-state index in [0.717, 1.165) is 17.1 Å². The number of aromatic amines is 1. The van der Waals surface area contributed by atoms with Gasteiger partial charge >= 0.3 is 0 Å². The third-order valence-corrected chi connectivity index (χ3v) is 2.60. The van der Waals surface area contributed by atoms with Crippen molar-refractivity contribution in [2.24, 2.45) is 0 Å². The van der Waals surface area contributed by atoms with Crippen LogP contribution in [-0.2, 0) is 5.41 Å². The third-order valence-electron chi connectivity index (χ3n) is 2.60. The number of aromatic nitrogens is 3. The predicted molar refractivity (Wildman–Crippen MR) is 65.3 cm³/mol. The monoisotopic (exact) mass is 215 g/mol. The number of aryl methyl sites for hydroxylation is 1. The Hall–Kier alpha value is -1.64. The van der Waals surface area contributed by atoms with E-state index in [4.69, 9.17) is 0 Å². The van der Waals surface area contributed by atoms with Crippen molar-refractivity contribution >= 4 is 0 Å². The molecule has 0 spiro atoms. The SMILES string of the molecule is Cc1cc(-c2ccc(C(C)(C)C)cn2)n[nH]1. The van der Waals surface area contributed by atoms with Gasteiger partial charge in [0.25, 0.3) is 0 Å². The quantitative estimate of drug-likeness (QED) is 0.794. The van der Waals surface area contributed by atoms with Crippen LogP contribution in [-0.4, -0.2) is 15.2 Å². The van der Waals surface area contributed by atoms with Gasteiger partial charge in [0, 0.05) is 11.9 Å². The molecule has 16 heavy (non-hydrogen) atoms. The standard InChI is InChI=1S/C13H17N3/c1-9-7-12(16-15-9)11-6-5-10(8-14-11)13(2,3)4/h5-8H,1-4H3,(H,15,16). The predicted octanol–water partition coefficient (Wildman–Crippen LogP) is 3.08.